The maximum atomic E-state index is 11.7. The second-order valence-electron chi connectivity index (χ2n) is 4.62. The van der Waals surface area contributed by atoms with Crippen LogP contribution < -0.4 is 10.6 Å². The summed E-state index contributed by atoms with van der Waals surface area (Å²) in [7, 11) is 0. The second-order valence-corrected chi connectivity index (χ2v) is 4.62. The average Bonchev–Trinajstić information content (AvgIpc) is 2.74. The van der Waals surface area contributed by atoms with Gasteiger partial charge in [0.05, 0.1) is 6.20 Å². The standard InChI is InChI=1S/C12H22N4O2/c1-9(2)16-11(6-7-13-16)15-12(18)14-10(3)5-4-8-17/h6-7,9-10,17H,4-5,8H2,1-3H3,(H2,14,15,18). The number of hydrogen-bond acceptors (Lipinski definition) is 3. The maximum Gasteiger partial charge on any atom is 0.320 e. The van der Waals surface area contributed by atoms with Crippen molar-refractivity contribution in [2.24, 2.45) is 0 Å². The lowest BCUT2D eigenvalue weighted by Crippen LogP contribution is -2.36. The zero-order chi connectivity index (χ0) is 13.5. The summed E-state index contributed by atoms with van der Waals surface area (Å²) in [4.78, 5) is 11.7. The van der Waals surface area contributed by atoms with E-state index < -0.39 is 0 Å². The summed E-state index contributed by atoms with van der Waals surface area (Å²) in [6.07, 6.45) is 3.10. The largest absolute Gasteiger partial charge is 0.396 e. The van der Waals surface area contributed by atoms with E-state index >= 15 is 0 Å². The van der Waals surface area contributed by atoms with E-state index in [2.05, 4.69) is 15.7 Å². The first-order valence-corrected chi connectivity index (χ1v) is 6.26. The molecule has 0 aliphatic rings. The van der Waals surface area contributed by atoms with E-state index in [0.717, 1.165) is 6.42 Å². The molecule has 3 N–H and O–H groups in total. The number of aliphatic hydroxyl groups is 1. The van der Waals surface area contributed by atoms with Gasteiger partial charge in [0.25, 0.3) is 0 Å². The molecule has 1 atom stereocenters. The molecular weight excluding hydrogens is 232 g/mol. The summed E-state index contributed by atoms with van der Waals surface area (Å²) in [5.41, 5.74) is 0. The minimum atomic E-state index is -0.247. The highest BCUT2D eigenvalue weighted by atomic mass is 16.3. The fourth-order valence-corrected chi connectivity index (χ4v) is 1.67. The van der Waals surface area contributed by atoms with Crippen molar-refractivity contribution in [2.45, 2.75) is 45.7 Å². The normalized spacial score (nSPS) is 12.5. The third-order valence-corrected chi connectivity index (χ3v) is 2.57. The van der Waals surface area contributed by atoms with E-state index in [0.29, 0.717) is 12.2 Å². The Morgan fingerprint density at radius 3 is 2.83 bits per heavy atom. The van der Waals surface area contributed by atoms with Crippen LogP contribution >= 0.6 is 0 Å². The lowest BCUT2D eigenvalue weighted by molar-refractivity contribution is 0.245. The summed E-state index contributed by atoms with van der Waals surface area (Å²) < 4.78 is 1.75. The molecule has 0 saturated heterocycles. The molecule has 6 nitrogen and oxygen atoms in total. The van der Waals surface area contributed by atoms with Gasteiger partial charge in [-0.1, -0.05) is 0 Å². The van der Waals surface area contributed by atoms with Crippen LogP contribution in [0.4, 0.5) is 10.6 Å². The molecule has 18 heavy (non-hydrogen) atoms. The van der Waals surface area contributed by atoms with E-state index in [1.165, 1.54) is 0 Å². The van der Waals surface area contributed by atoms with Crippen LogP contribution in [-0.2, 0) is 0 Å². The summed E-state index contributed by atoms with van der Waals surface area (Å²) in [5.74, 6) is 0.678. The highest BCUT2D eigenvalue weighted by Gasteiger charge is 2.11. The Morgan fingerprint density at radius 2 is 2.22 bits per heavy atom. The van der Waals surface area contributed by atoms with E-state index in [9.17, 15) is 4.79 Å². The number of hydrogen-bond donors (Lipinski definition) is 3. The molecule has 1 heterocycles. The van der Waals surface area contributed by atoms with Crippen LogP contribution in [0.1, 0.15) is 39.7 Å². The van der Waals surface area contributed by atoms with Crippen LogP contribution in [0.15, 0.2) is 12.3 Å². The molecule has 2 amide bonds. The highest BCUT2D eigenvalue weighted by Crippen LogP contribution is 2.12. The first-order chi connectivity index (χ1) is 8.54. The van der Waals surface area contributed by atoms with Gasteiger partial charge in [-0.2, -0.15) is 5.10 Å². The van der Waals surface area contributed by atoms with Gasteiger partial charge in [0.1, 0.15) is 5.82 Å². The molecular formula is C12H22N4O2. The van der Waals surface area contributed by atoms with Gasteiger partial charge in [0.2, 0.25) is 0 Å². The number of aromatic nitrogens is 2. The predicted octanol–water partition coefficient (Wildman–Crippen LogP) is 1.75. The van der Waals surface area contributed by atoms with Gasteiger partial charge in [-0.25, -0.2) is 9.48 Å². The quantitative estimate of drug-likeness (QED) is 0.723. The molecule has 0 radical (unpaired) electrons. The zero-order valence-corrected chi connectivity index (χ0v) is 11.2. The van der Waals surface area contributed by atoms with Crippen molar-refractivity contribution in [1.82, 2.24) is 15.1 Å². The third-order valence-electron chi connectivity index (χ3n) is 2.57. The molecule has 0 saturated carbocycles. The molecule has 1 aromatic heterocycles. The first-order valence-electron chi connectivity index (χ1n) is 6.26. The van der Waals surface area contributed by atoms with Crippen LogP contribution in [0.2, 0.25) is 0 Å². The number of carbonyl (C=O) groups is 1. The van der Waals surface area contributed by atoms with Crippen LogP contribution in [0.5, 0.6) is 0 Å². The predicted molar refractivity (Wildman–Crippen MR) is 70.5 cm³/mol. The Kier molecular flexibility index (Phi) is 5.64. The van der Waals surface area contributed by atoms with Crippen molar-refractivity contribution in [2.75, 3.05) is 11.9 Å². The Morgan fingerprint density at radius 1 is 1.50 bits per heavy atom. The van der Waals surface area contributed by atoms with Crippen LogP contribution in [0.25, 0.3) is 0 Å². The molecule has 0 aliphatic heterocycles. The smallest absolute Gasteiger partial charge is 0.320 e. The van der Waals surface area contributed by atoms with Crippen molar-refractivity contribution >= 4 is 11.8 Å². The van der Waals surface area contributed by atoms with Gasteiger partial charge in [0.15, 0.2) is 0 Å². The Labute approximate surface area is 107 Å². The van der Waals surface area contributed by atoms with Gasteiger partial charge in [-0.15, -0.1) is 0 Å². The van der Waals surface area contributed by atoms with E-state index in [4.69, 9.17) is 5.11 Å². The number of amides is 2. The van der Waals surface area contributed by atoms with E-state index in [1.807, 2.05) is 20.8 Å². The number of rotatable bonds is 6. The Bertz CT molecular complexity index is 376. The van der Waals surface area contributed by atoms with Crippen LogP contribution in [0, 0.1) is 0 Å². The first kappa shape index (κ1) is 14.5. The Hall–Kier alpha value is -1.56. The minimum Gasteiger partial charge on any atom is -0.396 e. The van der Waals surface area contributed by atoms with Crippen molar-refractivity contribution in [3.8, 4) is 0 Å². The topological polar surface area (TPSA) is 79.2 Å². The van der Waals surface area contributed by atoms with Gasteiger partial charge < -0.3 is 10.4 Å². The van der Waals surface area contributed by atoms with E-state index in [1.54, 1.807) is 16.9 Å². The van der Waals surface area contributed by atoms with Crippen molar-refractivity contribution in [1.29, 1.82) is 0 Å². The zero-order valence-electron chi connectivity index (χ0n) is 11.2. The number of urea groups is 1. The van der Waals surface area contributed by atoms with E-state index in [-0.39, 0.29) is 24.7 Å². The number of aliphatic hydroxyl groups excluding tert-OH is 1. The average molecular weight is 254 g/mol. The van der Waals surface area contributed by atoms with Crippen molar-refractivity contribution in [3.05, 3.63) is 12.3 Å². The molecule has 0 aromatic carbocycles. The fourth-order valence-electron chi connectivity index (χ4n) is 1.67. The van der Waals surface area contributed by atoms with Crippen LogP contribution in [-0.4, -0.2) is 33.6 Å². The molecule has 0 spiro atoms. The third kappa shape index (κ3) is 4.37. The van der Waals surface area contributed by atoms with Gasteiger partial charge in [0, 0.05) is 24.8 Å². The lowest BCUT2D eigenvalue weighted by Gasteiger charge is -2.15. The van der Waals surface area contributed by atoms with Crippen LogP contribution in [0.3, 0.4) is 0 Å². The number of nitrogens with one attached hydrogen (secondary N) is 2. The fraction of sp³-hybridized carbons (Fsp3) is 0.667. The summed E-state index contributed by atoms with van der Waals surface area (Å²) >= 11 is 0. The number of nitrogens with zero attached hydrogens (tertiary/aromatic N) is 2. The SMILES string of the molecule is CC(CCCO)NC(=O)Nc1ccnn1C(C)C. The molecule has 6 heteroatoms. The van der Waals surface area contributed by atoms with Gasteiger partial charge in [-0.05, 0) is 33.6 Å². The second kappa shape index (κ2) is 7.00. The lowest BCUT2D eigenvalue weighted by atomic mass is 10.2. The molecule has 1 aromatic rings. The molecule has 1 rings (SSSR count). The molecule has 0 aliphatic carbocycles. The van der Waals surface area contributed by atoms with Gasteiger partial charge >= 0.3 is 6.03 Å². The highest BCUT2D eigenvalue weighted by molar-refractivity contribution is 5.88. The number of carbonyl (C=O) groups excluding carboxylic acids is 1. The summed E-state index contributed by atoms with van der Waals surface area (Å²) in [5, 5.41) is 18.4. The minimum absolute atomic E-state index is 0.0348. The molecule has 0 bridgehead atoms. The van der Waals surface area contributed by atoms with Crippen molar-refractivity contribution in [3.63, 3.8) is 0 Å². The molecule has 1 unspecified atom stereocenters. The monoisotopic (exact) mass is 254 g/mol. The Balaban J connectivity index is 2.46. The maximum absolute atomic E-state index is 11.7. The molecule has 102 valence electrons. The summed E-state index contributed by atoms with van der Waals surface area (Å²) in [6, 6.07) is 1.75. The molecule has 0 fully saturated rings. The van der Waals surface area contributed by atoms with Gasteiger partial charge in [-0.3, -0.25) is 5.32 Å². The van der Waals surface area contributed by atoms with Crippen molar-refractivity contribution < 1.29 is 9.90 Å². The number of anilines is 1. The summed E-state index contributed by atoms with van der Waals surface area (Å²) in [6.45, 7) is 6.06.